The molecule has 0 aliphatic heterocycles. The third-order valence-corrected chi connectivity index (χ3v) is 3.99. The molecule has 0 radical (unpaired) electrons. The van der Waals surface area contributed by atoms with Crippen molar-refractivity contribution in [1.29, 1.82) is 0 Å². The summed E-state index contributed by atoms with van der Waals surface area (Å²) in [5, 5.41) is 0. The number of halogens is 7. The molecule has 0 saturated heterocycles. The molecule has 0 fully saturated rings. The minimum Gasteiger partial charge on any atom is -0.429 e. The minimum absolute atomic E-state index is 0.0660. The van der Waals surface area contributed by atoms with Crippen LogP contribution in [0.5, 0.6) is 5.75 Å². The van der Waals surface area contributed by atoms with Crippen LogP contribution in [0.3, 0.4) is 0 Å². The molecule has 0 aromatic heterocycles. The highest BCUT2D eigenvalue weighted by molar-refractivity contribution is 5.64. The Kier molecular flexibility index (Phi) is 5.06. The Morgan fingerprint density at radius 2 is 1.29 bits per heavy atom. The summed E-state index contributed by atoms with van der Waals surface area (Å²) >= 11 is 0. The van der Waals surface area contributed by atoms with Crippen LogP contribution < -0.4 is 4.74 Å². The number of hydrogen-bond donors (Lipinski definition) is 0. The van der Waals surface area contributed by atoms with Gasteiger partial charge in [0.15, 0.2) is 0 Å². The van der Waals surface area contributed by atoms with E-state index in [0.29, 0.717) is 24.3 Å². The van der Waals surface area contributed by atoms with Gasteiger partial charge in [-0.25, -0.2) is 22.0 Å². The van der Waals surface area contributed by atoms with Gasteiger partial charge in [-0.2, -0.15) is 8.78 Å². The van der Waals surface area contributed by atoms with E-state index in [1.165, 1.54) is 12.1 Å². The first-order chi connectivity index (χ1) is 13.1. The molecule has 0 amide bonds. The lowest BCUT2D eigenvalue weighted by molar-refractivity contribution is -0.189. The average Bonchev–Trinajstić information content (AvgIpc) is 2.58. The summed E-state index contributed by atoms with van der Waals surface area (Å²) < 4.78 is 102. The summed E-state index contributed by atoms with van der Waals surface area (Å²) in [5.41, 5.74) is -2.28. The highest BCUT2D eigenvalue weighted by Crippen LogP contribution is 2.37. The monoisotopic (exact) mass is 400 g/mol. The summed E-state index contributed by atoms with van der Waals surface area (Å²) in [6.07, 6.45) is -4.57. The number of alkyl halides is 2. The summed E-state index contributed by atoms with van der Waals surface area (Å²) in [6, 6.07) is 6.82. The third-order valence-electron chi connectivity index (χ3n) is 3.99. The van der Waals surface area contributed by atoms with Crippen molar-refractivity contribution in [2.45, 2.75) is 13.0 Å². The zero-order valence-electron chi connectivity index (χ0n) is 14.2. The van der Waals surface area contributed by atoms with Crippen LogP contribution in [0.15, 0.2) is 48.5 Å². The molecule has 3 rings (SSSR count). The van der Waals surface area contributed by atoms with Crippen molar-refractivity contribution in [2.75, 3.05) is 0 Å². The number of hydrogen-bond acceptors (Lipinski definition) is 1. The Hall–Kier alpha value is -3.03. The average molecular weight is 400 g/mol. The van der Waals surface area contributed by atoms with Crippen molar-refractivity contribution < 1.29 is 35.5 Å². The van der Waals surface area contributed by atoms with Crippen LogP contribution in [0.1, 0.15) is 11.1 Å². The Morgan fingerprint density at radius 1 is 0.714 bits per heavy atom. The van der Waals surface area contributed by atoms with Crippen LogP contribution in [0, 0.1) is 36.0 Å². The second-order valence-corrected chi connectivity index (χ2v) is 5.96. The smallest absolute Gasteiger partial charge is 0.429 e. The van der Waals surface area contributed by atoms with Gasteiger partial charge < -0.3 is 4.74 Å². The van der Waals surface area contributed by atoms with Gasteiger partial charge in [-0.1, -0.05) is 12.1 Å². The molecule has 3 aromatic carbocycles. The van der Waals surface area contributed by atoms with E-state index in [9.17, 15) is 30.7 Å². The highest BCUT2D eigenvalue weighted by atomic mass is 19.3. The second-order valence-electron chi connectivity index (χ2n) is 5.96. The van der Waals surface area contributed by atoms with Gasteiger partial charge in [0.2, 0.25) is 0 Å². The van der Waals surface area contributed by atoms with E-state index in [2.05, 4.69) is 4.74 Å². The lowest BCUT2D eigenvalue weighted by atomic mass is 10.0. The molecule has 0 spiro atoms. The van der Waals surface area contributed by atoms with Crippen LogP contribution in [-0.2, 0) is 6.11 Å². The van der Waals surface area contributed by atoms with Gasteiger partial charge in [-0.15, -0.1) is 0 Å². The van der Waals surface area contributed by atoms with E-state index < -0.39 is 52.1 Å². The van der Waals surface area contributed by atoms with Crippen LogP contribution in [0.2, 0.25) is 0 Å². The standard InChI is InChI=1S/C20H11F7O/c1-10-15(22)8-14(9-16(10)23)28-20(26,27)19-17(24)6-12(7-18(19)25)11-3-2-4-13(21)5-11/h2-9H,1H3. The van der Waals surface area contributed by atoms with Gasteiger partial charge in [0.25, 0.3) is 0 Å². The first-order valence-electron chi connectivity index (χ1n) is 7.86. The Bertz CT molecular complexity index is 1000. The van der Waals surface area contributed by atoms with E-state index in [1.54, 1.807) is 0 Å². The van der Waals surface area contributed by atoms with Crippen molar-refractivity contribution >= 4 is 0 Å². The second kappa shape index (κ2) is 7.18. The van der Waals surface area contributed by atoms with Crippen LogP contribution in [-0.4, -0.2) is 0 Å². The summed E-state index contributed by atoms with van der Waals surface area (Å²) in [4.78, 5) is 0. The van der Waals surface area contributed by atoms with Gasteiger partial charge in [-0.3, -0.25) is 0 Å². The maximum absolute atomic E-state index is 14.3. The minimum atomic E-state index is -4.57. The summed E-state index contributed by atoms with van der Waals surface area (Å²) in [5.74, 6) is -7.28. The molecule has 8 heteroatoms. The predicted octanol–water partition coefficient (Wildman–Crippen LogP) is 6.49. The molecular formula is C20H11F7O. The van der Waals surface area contributed by atoms with Crippen molar-refractivity contribution in [3.63, 3.8) is 0 Å². The lowest BCUT2D eigenvalue weighted by Gasteiger charge is -2.20. The van der Waals surface area contributed by atoms with Crippen molar-refractivity contribution in [3.05, 3.63) is 88.7 Å². The Balaban J connectivity index is 2.00. The topological polar surface area (TPSA) is 9.23 Å². The van der Waals surface area contributed by atoms with Gasteiger partial charge in [0.1, 0.15) is 40.4 Å². The van der Waals surface area contributed by atoms with Gasteiger partial charge in [0, 0.05) is 17.7 Å². The SMILES string of the molecule is Cc1c(F)cc(OC(F)(F)c2c(F)cc(-c3cccc(F)c3)cc2F)cc1F. The fraction of sp³-hybridized carbons (Fsp3) is 0.100. The molecule has 0 aliphatic carbocycles. The van der Waals surface area contributed by atoms with Gasteiger partial charge >= 0.3 is 6.11 Å². The van der Waals surface area contributed by atoms with E-state index in [-0.39, 0.29) is 11.1 Å². The molecule has 0 atom stereocenters. The summed E-state index contributed by atoms with van der Waals surface area (Å²) in [7, 11) is 0. The number of rotatable bonds is 4. The Morgan fingerprint density at radius 3 is 1.82 bits per heavy atom. The molecule has 0 unspecified atom stereocenters. The molecule has 0 aliphatic rings. The van der Waals surface area contributed by atoms with E-state index in [0.717, 1.165) is 19.1 Å². The van der Waals surface area contributed by atoms with Crippen LogP contribution >= 0.6 is 0 Å². The maximum Gasteiger partial charge on any atom is 0.432 e. The molecule has 28 heavy (non-hydrogen) atoms. The maximum atomic E-state index is 14.3. The van der Waals surface area contributed by atoms with Crippen molar-refractivity contribution in [3.8, 4) is 16.9 Å². The highest BCUT2D eigenvalue weighted by Gasteiger charge is 2.41. The predicted molar refractivity (Wildman–Crippen MR) is 87.4 cm³/mol. The van der Waals surface area contributed by atoms with Gasteiger partial charge in [-0.05, 0) is 42.3 Å². The number of benzene rings is 3. The zero-order chi connectivity index (χ0) is 20.6. The van der Waals surface area contributed by atoms with Crippen LogP contribution in [0.4, 0.5) is 30.7 Å². The molecule has 0 bridgehead atoms. The quantitative estimate of drug-likeness (QED) is 0.455. The molecule has 1 nitrogen and oxygen atoms in total. The molecule has 0 saturated carbocycles. The molecule has 0 N–H and O–H groups in total. The first-order valence-corrected chi connectivity index (χ1v) is 7.86. The van der Waals surface area contributed by atoms with E-state index in [1.807, 2.05) is 0 Å². The number of ether oxygens (including phenoxy) is 1. The van der Waals surface area contributed by atoms with Crippen molar-refractivity contribution in [2.24, 2.45) is 0 Å². The molecular weight excluding hydrogens is 389 g/mol. The van der Waals surface area contributed by atoms with Gasteiger partial charge in [0.05, 0.1) is 0 Å². The van der Waals surface area contributed by atoms with E-state index >= 15 is 0 Å². The van der Waals surface area contributed by atoms with Crippen LogP contribution in [0.25, 0.3) is 11.1 Å². The largest absolute Gasteiger partial charge is 0.432 e. The third kappa shape index (κ3) is 3.81. The molecule has 146 valence electrons. The fourth-order valence-electron chi connectivity index (χ4n) is 2.57. The summed E-state index contributed by atoms with van der Waals surface area (Å²) in [6.45, 7) is 1.08. The van der Waals surface area contributed by atoms with E-state index in [4.69, 9.17) is 0 Å². The first kappa shape index (κ1) is 19.7. The normalized spacial score (nSPS) is 11.6. The Labute approximate surface area is 155 Å². The molecule has 3 aromatic rings. The van der Waals surface area contributed by atoms with Crippen molar-refractivity contribution in [1.82, 2.24) is 0 Å². The fourth-order valence-corrected chi connectivity index (χ4v) is 2.57. The molecule has 0 heterocycles. The zero-order valence-corrected chi connectivity index (χ0v) is 14.2. The lowest BCUT2D eigenvalue weighted by Crippen LogP contribution is -2.25.